The maximum atomic E-state index is 5.61. The average Bonchev–Trinajstić information content (AvgIpc) is 2.96. The minimum absolute atomic E-state index is 0.507. The number of aromatic nitrogens is 5. The third-order valence-electron chi connectivity index (χ3n) is 2.97. The maximum Gasteiger partial charge on any atom is 0.123 e. The Morgan fingerprint density at radius 3 is 2.68 bits per heavy atom. The molecule has 0 aliphatic carbocycles. The molecule has 96 valence electrons. The first-order valence-electron chi connectivity index (χ1n) is 5.90. The van der Waals surface area contributed by atoms with E-state index in [1.54, 1.807) is 29.5 Å². The Morgan fingerprint density at radius 1 is 1.21 bits per heavy atom. The van der Waals surface area contributed by atoms with Crippen LogP contribution in [0.25, 0.3) is 16.9 Å². The predicted octanol–water partition coefficient (Wildman–Crippen LogP) is 1.56. The first-order chi connectivity index (χ1) is 9.15. The van der Waals surface area contributed by atoms with Gasteiger partial charge in [0.25, 0.3) is 0 Å². The van der Waals surface area contributed by atoms with Gasteiger partial charge in [0.15, 0.2) is 0 Å². The van der Waals surface area contributed by atoms with Gasteiger partial charge in [0.2, 0.25) is 0 Å². The van der Waals surface area contributed by atoms with Crippen LogP contribution in [0, 0.1) is 6.92 Å². The van der Waals surface area contributed by atoms with Crippen LogP contribution < -0.4 is 5.73 Å². The largest absolute Gasteiger partial charge is 0.384 e. The van der Waals surface area contributed by atoms with Crippen LogP contribution in [0.15, 0.2) is 37.1 Å². The molecule has 0 aromatic carbocycles. The molecular formula is C13H14N6. The highest BCUT2D eigenvalue weighted by atomic mass is 15.3. The molecule has 19 heavy (non-hydrogen) atoms. The van der Waals surface area contributed by atoms with Crippen molar-refractivity contribution < 1.29 is 0 Å². The molecule has 0 aliphatic rings. The van der Waals surface area contributed by atoms with Crippen LogP contribution >= 0.6 is 0 Å². The van der Waals surface area contributed by atoms with Crippen molar-refractivity contribution in [2.45, 2.75) is 6.92 Å². The van der Waals surface area contributed by atoms with E-state index < -0.39 is 0 Å². The maximum absolute atomic E-state index is 5.61. The fourth-order valence-electron chi connectivity index (χ4n) is 2.08. The second-order valence-electron chi connectivity index (χ2n) is 4.39. The summed E-state index contributed by atoms with van der Waals surface area (Å²) in [6.45, 7) is 1.97. The summed E-state index contributed by atoms with van der Waals surface area (Å²) in [5.41, 5.74) is 9.49. The Hall–Kier alpha value is -2.63. The van der Waals surface area contributed by atoms with Crippen LogP contribution in [-0.4, -0.2) is 24.3 Å². The minimum Gasteiger partial charge on any atom is -0.384 e. The smallest absolute Gasteiger partial charge is 0.123 e. The molecule has 0 radical (unpaired) electrons. The van der Waals surface area contributed by atoms with Gasteiger partial charge >= 0.3 is 0 Å². The molecular weight excluding hydrogens is 240 g/mol. The van der Waals surface area contributed by atoms with Crippen molar-refractivity contribution in [2.24, 2.45) is 7.05 Å². The summed E-state index contributed by atoms with van der Waals surface area (Å²) in [5, 5.41) is 4.35. The number of imidazole rings is 1. The first-order valence-corrected chi connectivity index (χ1v) is 5.90. The standard InChI is InChI=1S/C13H14N6/c1-9-12(7-18(2)17-9)19-8-15-6-11(19)10-3-4-13(14)16-5-10/h3-8H,1-2H3,(H2,14,16). The lowest BCUT2D eigenvalue weighted by Crippen LogP contribution is -1.97. The number of nitrogens with two attached hydrogens (primary N) is 1. The minimum atomic E-state index is 0.507. The van der Waals surface area contributed by atoms with Gasteiger partial charge in [0.1, 0.15) is 5.82 Å². The zero-order valence-corrected chi connectivity index (χ0v) is 10.8. The fourth-order valence-corrected chi connectivity index (χ4v) is 2.08. The van der Waals surface area contributed by atoms with Gasteiger partial charge in [-0.05, 0) is 19.1 Å². The number of nitrogen functional groups attached to an aromatic ring is 1. The summed E-state index contributed by atoms with van der Waals surface area (Å²) in [5.74, 6) is 0.507. The number of pyridine rings is 1. The summed E-state index contributed by atoms with van der Waals surface area (Å²) in [6.07, 6.45) is 7.29. The predicted molar refractivity (Wildman–Crippen MR) is 72.7 cm³/mol. The highest BCUT2D eigenvalue weighted by molar-refractivity contribution is 5.62. The Bertz CT molecular complexity index is 707. The van der Waals surface area contributed by atoms with Crippen molar-refractivity contribution in [1.29, 1.82) is 0 Å². The van der Waals surface area contributed by atoms with Crippen LogP contribution in [0.4, 0.5) is 5.82 Å². The van der Waals surface area contributed by atoms with Gasteiger partial charge in [0, 0.05) is 25.0 Å². The zero-order chi connectivity index (χ0) is 13.4. The molecule has 3 aromatic rings. The average molecular weight is 254 g/mol. The quantitative estimate of drug-likeness (QED) is 0.753. The first kappa shape index (κ1) is 11.5. The molecule has 2 N–H and O–H groups in total. The molecule has 0 unspecified atom stereocenters. The lowest BCUT2D eigenvalue weighted by molar-refractivity contribution is 0.756. The molecule has 0 fully saturated rings. The highest BCUT2D eigenvalue weighted by Crippen LogP contribution is 2.23. The van der Waals surface area contributed by atoms with E-state index in [9.17, 15) is 0 Å². The van der Waals surface area contributed by atoms with Crippen LogP contribution in [-0.2, 0) is 7.05 Å². The van der Waals surface area contributed by atoms with E-state index in [-0.39, 0.29) is 0 Å². The molecule has 3 aromatic heterocycles. The van der Waals surface area contributed by atoms with Crippen molar-refractivity contribution in [2.75, 3.05) is 5.73 Å². The van der Waals surface area contributed by atoms with Gasteiger partial charge in [-0.25, -0.2) is 9.97 Å². The SMILES string of the molecule is Cc1nn(C)cc1-n1cncc1-c1ccc(N)nc1. The summed E-state index contributed by atoms with van der Waals surface area (Å²) in [6, 6.07) is 3.71. The van der Waals surface area contributed by atoms with Gasteiger partial charge in [-0.3, -0.25) is 9.25 Å². The second-order valence-corrected chi connectivity index (χ2v) is 4.39. The molecule has 0 atom stereocenters. The van der Waals surface area contributed by atoms with Gasteiger partial charge in [-0.15, -0.1) is 0 Å². The third-order valence-corrected chi connectivity index (χ3v) is 2.97. The number of aryl methyl sites for hydroxylation is 2. The van der Waals surface area contributed by atoms with E-state index in [1.807, 2.05) is 30.8 Å². The van der Waals surface area contributed by atoms with E-state index >= 15 is 0 Å². The monoisotopic (exact) mass is 254 g/mol. The molecule has 6 nitrogen and oxygen atoms in total. The molecule has 0 saturated carbocycles. The van der Waals surface area contributed by atoms with Crippen LogP contribution in [0.1, 0.15) is 5.69 Å². The van der Waals surface area contributed by atoms with Gasteiger partial charge in [-0.2, -0.15) is 5.10 Å². The number of anilines is 1. The second kappa shape index (κ2) is 4.24. The van der Waals surface area contributed by atoms with E-state index in [4.69, 9.17) is 5.73 Å². The number of nitrogens with zero attached hydrogens (tertiary/aromatic N) is 5. The molecule has 3 heterocycles. The summed E-state index contributed by atoms with van der Waals surface area (Å²) in [4.78, 5) is 8.33. The van der Waals surface area contributed by atoms with Crippen molar-refractivity contribution >= 4 is 5.82 Å². The van der Waals surface area contributed by atoms with Crippen molar-refractivity contribution in [3.05, 3.63) is 42.7 Å². The van der Waals surface area contributed by atoms with Gasteiger partial charge in [-0.1, -0.05) is 0 Å². The lowest BCUT2D eigenvalue weighted by atomic mass is 10.2. The summed E-state index contributed by atoms with van der Waals surface area (Å²) < 4.78 is 3.78. The van der Waals surface area contributed by atoms with Crippen LogP contribution in [0.3, 0.4) is 0 Å². The zero-order valence-electron chi connectivity index (χ0n) is 10.8. The van der Waals surface area contributed by atoms with Crippen molar-refractivity contribution in [1.82, 2.24) is 24.3 Å². The van der Waals surface area contributed by atoms with Crippen LogP contribution in [0.5, 0.6) is 0 Å². The van der Waals surface area contributed by atoms with Gasteiger partial charge in [0.05, 0.1) is 29.6 Å². The van der Waals surface area contributed by atoms with Gasteiger partial charge < -0.3 is 5.73 Å². The topological polar surface area (TPSA) is 74.5 Å². The number of hydrogen-bond acceptors (Lipinski definition) is 4. The molecule has 0 saturated heterocycles. The molecule has 0 amide bonds. The summed E-state index contributed by atoms with van der Waals surface area (Å²) in [7, 11) is 1.90. The highest BCUT2D eigenvalue weighted by Gasteiger charge is 2.11. The fraction of sp³-hybridized carbons (Fsp3) is 0.154. The Balaban J connectivity index is 2.13. The van der Waals surface area contributed by atoms with E-state index in [1.165, 1.54) is 0 Å². The lowest BCUT2D eigenvalue weighted by Gasteiger charge is -2.06. The van der Waals surface area contributed by atoms with Crippen molar-refractivity contribution in [3.63, 3.8) is 0 Å². The molecule has 6 heteroatoms. The summed E-state index contributed by atoms with van der Waals surface area (Å²) >= 11 is 0. The molecule has 0 spiro atoms. The Labute approximate surface area is 110 Å². The van der Waals surface area contributed by atoms with E-state index in [0.29, 0.717) is 5.82 Å². The number of hydrogen-bond donors (Lipinski definition) is 1. The van der Waals surface area contributed by atoms with E-state index in [2.05, 4.69) is 15.1 Å². The molecule has 0 aliphatic heterocycles. The van der Waals surface area contributed by atoms with Crippen molar-refractivity contribution in [3.8, 4) is 16.9 Å². The van der Waals surface area contributed by atoms with Crippen LogP contribution in [0.2, 0.25) is 0 Å². The Morgan fingerprint density at radius 2 is 2.05 bits per heavy atom. The number of rotatable bonds is 2. The molecule has 0 bridgehead atoms. The normalized spacial score (nSPS) is 10.8. The third kappa shape index (κ3) is 1.97. The Kier molecular flexibility index (Phi) is 2.56. The van der Waals surface area contributed by atoms with E-state index in [0.717, 1.165) is 22.6 Å². The molecule has 3 rings (SSSR count).